The van der Waals surface area contributed by atoms with Crippen LogP contribution in [0.15, 0.2) is 0 Å². The molecule has 0 aromatic rings. The Morgan fingerprint density at radius 1 is 1.42 bits per heavy atom. The van der Waals surface area contributed by atoms with Crippen molar-refractivity contribution < 1.29 is 24.7 Å². The van der Waals surface area contributed by atoms with E-state index in [1.165, 1.54) is 0 Å². The largest absolute Gasteiger partial charge is 0.480 e. The second-order valence-corrected chi connectivity index (χ2v) is 7.35. The maximum atomic E-state index is 12.7. The van der Waals surface area contributed by atoms with E-state index >= 15 is 0 Å². The Hall–Kier alpha value is -1.16. The van der Waals surface area contributed by atoms with Crippen LogP contribution in [-0.4, -0.2) is 70.3 Å². The van der Waals surface area contributed by atoms with E-state index in [0.29, 0.717) is 32.4 Å². The van der Waals surface area contributed by atoms with Crippen molar-refractivity contribution in [3.63, 3.8) is 0 Å². The molecule has 6 N–H and O–H groups in total. The average Bonchev–Trinajstić information content (AvgIpc) is 3.01. The molecule has 0 aromatic carbocycles. The number of carbonyl (C=O) groups excluding carboxylic acids is 1. The van der Waals surface area contributed by atoms with Crippen LogP contribution in [0.2, 0.25) is 6.32 Å². The third kappa shape index (κ3) is 3.44. The first-order chi connectivity index (χ1) is 11.2. The van der Waals surface area contributed by atoms with Gasteiger partial charge in [-0.1, -0.05) is 20.3 Å². The standard InChI is InChI=1S/C15H28BN3O5/c1-9(2)11(17)13(20)19-7-5-15(4-3-6-16(23)24)10(19)8-18-12(15)14(21)22/h9-12,18,23-24H,3-8,17H2,1-2H3,(H,21,22)/t10-,11-,12+,15-/m0/s1. The molecule has 136 valence electrons. The highest BCUT2D eigenvalue weighted by atomic mass is 16.4. The van der Waals surface area contributed by atoms with Gasteiger partial charge in [-0.2, -0.15) is 0 Å². The van der Waals surface area contributed by atoms with Crippen molar-refractivity contribution in [2.45, 2.75) is 57.6 Å². The first kappa shape index (κ1) is 19.2. The highest BCUT2D eigenvalue weighted by Gasteiger charge is 2.59. The minimum Gasteiger partial charge on any atom is -0.480 e. The number of hydrogen-bond acceptors (Lipinski definition) is 6. The van der Waals surface area contributed by atoms with Crippen LogP contribution >= 0.6 is 0 Å². The summed E-state index contributed by atoms with van der Waals surface area (Å²) >= 11 is 0. The summed E-state index contributed by atoms with van der Waals surface area (Å²) in [7, 11) is -1.40. The molecule has 0 bridgehead atoms. The van der Waals surface area contributed by atoms with Crippen molar-refractivity contribution in [1.29, 1.82) is 0 Å². The van der Waals surface area contributed by atoms with Crippen LogP contribution in [0.1, 0.15) is 33.1 Å². The third-order valence-electron chi connectivity index (χ3n) is 5.59. The number of nitrogens with zero attached hydrogens (tertiary/aromatic N) is 1. The molecule has 2 aliphatic rings. The maximum Gasteiger partial charge on any atom is 0.451 e. The molecule has 0 radical (unpaired) electrons. The number of amides is 1. The number of nitrogens with one attached hydrogen (secondary N) is 1. The Balaban J connectivity index is 2.19. The van der Waals surface area contributed by atoms with Crippen LogP contribution in [0.5, 0.6) is 0 Å². The van der Waals surface area contributed by atoms with Crippen molar-refractivity contribution in [3.05, 3.63) is 0 Å². The number of likely N-dealkylation sites (tertiary alicyclic amines) is 1. The predicted molar refractivity (Wildman–Crippen MR) is 89.0 cm³/mol. The predicted octanol–water partition coefficient (Wildman–Crippen LogP) is -1.13. The Labute approximate surface area is 142 Å². The van der Waals surface area contributed by atoms with E-state index in [4.69, 9.17) is 15.8 Å². The van der Waals surface area contributed by atoms with E-state index in [0.717, 1.165) is 0 Å². The summed E-state index contributed by atoms with van der Waals surface area (Å²) in [5.74, 6) is -1.04. The lowest BCUT2D eigenvalue weighted by molar-refractivity contribution is -0.143. The number of carboxylic acids is 1. The highest BCUT2D eigenvalue weighted by Crippen LogP contribution is 2.47. The fourth-order valence-corrected chi connectivity index (χ4v) is 4.17. The number of hydrogen-bond donors (Lipinski definition) is 5. The lowest BCUT2D eigenvalue weighted by Crippen LogP contribution is -2.52. The van der Waals surface area contributed by atoms with Gasteiger partial charge in [-0.25, -0.2) is 0 Å². The van der Waals surface area contributed by atoms with Crippen molar-refractivity contribution in [2.75, 3.05) is 13.1 Å². The quantitative estimate of drug-likeness (QED) is 0.370. The molecule has 0 spiro atoms. The first-order valence-corrected chi connectivity index (χ1v) is 8.59. The van der Waals surface area contributed by atoms with Crippen LogP contribution in [0.4, 0.5) is 0 Å². The summed E-state index contributed by atoms with van der Waals surface area (Å²) in [6.07, 6.45) is 1.80. The number of fused-ring (bicyclic) bond motifs is 1. The number of aliphatic carboxylic acids is 1. The van der Waals surface area contributed by atoms with E-state index in [-0.39, 0.29) is 24.2 Å². The van der Waals surface area contributed by atoms with Gasteiger partial charge in [0.05, 0.1) is 12.1 Å². The fourth-order valence-electron chi connectivity index (χ4n) is 4.17. The third-order valence-corrected chi connectivity index (χ3v) is 5.59. The summed E-state index contributed by atoms with van der Waals surface area (Å²) < 4.78 is 0. The van der Waals surface area contributed by atoms with Crippen LogP contribution < -0.4 is 11.1 Å². The van der Waals surface area contributed by atoms with Gasteiger partial charge in [0.25, 0.3) is 0 Å². The molecular weight excluding hydrogens is 313 g/mol. The SMILES string of the molecule is CC(C)[C@H](N)C(=O)N1CC[C@]2(CCCB(O)O)[C@@H](C(=O)O)NC[C@H]12. The van der Waals surface area contributed by atoms with Gasteiger partial charge in [-0.05, 0) is 25.1 Å². The molecule has 2 aliphatic heterocycles. The zero-order valence-corrected chi connectivity index (χ0v) is 14.3. The second kappa shape index (κ2) is 7.39. The van der Waals surface area contributed by atoms with Gasteiger partial charge in [-0.3, -0.25) is 9.59 Å². The molecule has 8 nitrogen and oxygen atoms in total. The van der Waals surface area contributed by atoms with E-state index < -0.39 is 30.6 Å². The normalized spacial score (nSPS) is 30.5. The van der Waals surface area contributed by atoms with Gasteiger partial charge in [0.2, 0.25) is 5.91 Å². The van der Waals surface area contributed by atoms with Gasteiger partial charge in [0.15, 0.2) is 0 Å². The van der Waals surface area contributed by atoms with Crippen molar-refractivity contribution >= 4 is 19.0 Å². The topological polar surface area (TPSA) is 136 Å². The van der Waals surface area contributed by atoms with Crippen LogP contribution in [-0.2, 0) is 9.59 Å². The molecule has 2 heterocycles. The summed E-state index contributed by atoms with van der Waals surface area (Å²) in [6, 6.07) is -1.54. The number of rotatable bonds is 7. The van der Waals surface area contributed by atoms with E-state index in [1.807, 2.05) is 13.8 Å². The molecule has 0 aliphatic carbocycles. The maximum absolute atomic E-state index is 12.7. The number of nitrogens with two attached hydrogens (primary N) is 1. The molecule has 0 unspecified atom stereocenters. The number of carbonyl (C=O) groups is 2. The van der Waals surface area contributed by atoms with Crippen molar-refractivity contribution in [2.24, 2.45) is 17.1 Å². The molecular formula is C15H28BN3O5. The van der Waals surface area contributed by atoms with Gasteiger partial charge in [0.1, 0.15) is 6.04 Å². The van der Waals surface area contributed by atoms with Gasteiger partial charge in [0, 0.05) is 18.5 Å². The lowest BCUT2D eigenvalue weighted by Gasteiger charge is -2.35. The smallest absolute Gasteiger partial charge is 0.451 e. The van der Waals surface area contributed by atoms with Gasteiger partial charge in [-0.15, -0.1) is 0 Å². The molecule has 9 heteroatoms. The minimum absolute atomic E-state index is 0.0154. The molecule has 1 amide bonds. The average molecular weight is 341 g/mol. The molecule has 0 saturated carbocycles. The van der Waals surface area contributed by atoms with Crippen LogP contribution in [0.3, 0.4) is 0 Å². The molecule has 24 heavy (non-hydrogen) atoms. The van der Waals surface area contributed by atoms with Gasteiger partial charge < -0.3 is 31.1 Å². The Morgan fingerprint density at radius 3 is 2.62 bits per heavy atom. The van der Waals surface area contributed by atoms with Crippen molar-refractivity contribution in [3.8, 4) is 0 Å². The molecule has 2 saturated heterocycles. The zero-order chi connectivity index (χ0) is 18.1. The minimum atomic E-state index is -1.40. The molecule has 0 aromatic heterocycles. The monoisotopic (exact) mass is 341 g/mol. The van der Waals surface area contributed by atoms with E-state index in [9.17, 15) is 14.7 Å². The first-order valence-electron chi connectivity index (χ1n) is 8.59. The zero-order valence-electron chi connectivity index (χ0n) is 14.3. The Kier molecular flexibility index (Phi) is 5.90. The van der Waals surface area contributed by atoms with Gasteiger partial charge >= 0.3 is 13.1 Å². The summed E-state index contributed by atoms with van der Waals surface area (Å²) in [5.41, 5.74) is 5.43. The summed E-state index contributed by atoms with van der Waals surface area (Å²) in [6.45, 7) is 4.70. The second-order valence-electron chi connectivity index (χ2n) is 7.35. The Morgan fingerprint density at radius 2 is 2.08 bits per heavy atom. The van der Waals surface area contributed by atoms with Crippen LogP contribution in [0, 0.1) is 11.3 Å². The summed E-state index contributed by atoms with van der Waals surface area (Å²) in [4.78, 5) is 26.1. The molecule has 2 fully saturated rings. The fraction of sp³-hybridized carbons (Fsp3) is 0.867. The Bertz CT molecular complexity index is 490. The molecule has 4 atom stereocenters. The van der Waals surface area contributed by atoms with Crippen LogP contribution in [0.25, 0.3) is 0 Å². The highest BCUT2D eigenvalue weighted by molar-refractivity contribution is 6.40. The van der Waals surface area contributed by atoms with E-state index in [2.05, 4.69) is 5.32 Å². The lowest BCUT2D eigenvalue weighted by atomic mass is 9.70. The molecule has 2 rings (SSSR count). The summed E-state index contributed by atoms with van der Waals surface area (Å²) in [5, 5.41) is 30.7. The number of carboxylic acid groups (broad SMARTS) is 1. The van der Waals surface area contributed by atoms with Crippen molar-refractivity contribution in [1.82, 2.24) is 10.2 Å². The van der Waals surface area contributed by atoms with E-state index in [1.54, 1.807) is 4.90 Å².